The van der Waals surface area contributed by atoms with Gasteiger partial charge in [0, 0.05) is 0 Å². The lowest BCUT2D eigenvalue weighted by Gasteiger charge is -2.56. The number of hydrogen-bond donors (Lipinski definition) is 0. The predicted molar refractivity (Wildman–Crippen MR) is 88.5 cm³/mol. The van der Waals surface area contributed by atoms with Gasteiger partial charge in [-0.25, -0.2) is 0 Å². The number of alkyl halides is 6. The van der Waals surface area contributed by atoms with E-state index in [0.717, 1.165) is 12.8 Å². The third-order valence-corrected chi connectivity index (χ3v) is 10.8. The molecule has 0 aromatic carbocycles. The molecule has 0 aromatic rings. The minimum atomic E-state index is -5.71. The van der Waals surface area contributed by atoms with Crippen LogP contribution in [-0.2, 0) is 14.0 Å². The number of halogens is 6. The topological polar surface area (TPSA) is 35.5 Å². The zero-order valence-corrected chi connectivity index (χ0v) is 17.1. The Bertz CT molecular complexity index is 567. The van der Waals surface area contributed by atoms with Gasteiger partial charge < -0.3 is 9.16 Å². The van der Waals surface area contributed by atoms with E-state index in [1.165, 1.54) is 0 Å². The predicted octanol–water partition coefficient (Wildman–Crippen LogP) is 5.60. The Hall–Kier alpha value is -0.773. The number of hydrogen-bond acceptors (Lipinski definition) is 3. The van der Waals surface area contributed by atoms with E-state index in [0.29, 0.717) is 6.42 Å². The van der Waals surface area contributed by atoms with Crippen LogP contribution in [0.15, 0.2) is 0 Å². The van der Waals surface area contributed by atoms with Crippen LogP contribution in [0, 0.1) is 11.8 Å². The van der Waals surface area contributed by atoms with Gasteiger partial charge in [0.2, 0.25) is 0 Å². The molecule has 0 radical (unpaired) electrons. The van der Waals surface area contributed by atoms with Gasteiger partial charge in [0.05, 0.1) is 11.5 Å². The van der Waals surface area contributed by atoms with Crippen LogP contribution in [0.4, 0.5) is 26.3 Å². The Morgan fingerprint density at radius 1 is 1.07 bits per heavy atom. The van der Waals surface area contributed by atoms with Crippen molar-refractivity contribution in [2.24, 2.45) is 11.8 Å². The monoisotopic (exact) mass is 420 g/mol. The van der Waals surface area contributed by atoms with E-state index < -0.39 is 44.3 Å². The Morgan fingerprint density at radius 3 is 2.00 bits per heavy atom. The Morgan fingerprint density at radius 2 is 1.59 bits per heavy atom. The summed E-state index contributed by atoms with van der Waals surface area (Å²) in [5.74, 6) is -2.59. The van der Waals surface area contributed by atoms with E-state index in [2.05, 4.69) is 4.74 Å². The van der Waals surface area contributed by atoms with Gasteiger partial charge in [-0.3, -0.25) is 4.79 Å². The minimum Gasteiger partial charge on any atom is -0.442 e. The molecule has 0 bridgehead atoms. The summed E-state index contributed by atoms with van der Waals surface area (Å²) in [7, 11) is -2.39. The van der Waals surface area contributed by atoms with Gasteiger partial charge in [0.15, 0.2) is 8.32 Å². The maximum absolute atomic E-state index is 12.7. The molecule has 0 spiro atoms. The fraction of sp³-hybridized carbons (Fsp3) is 0.941. The van der Waals surface area contributed by atoms with E-state index in [1.807, 2.05) is 33.9 Å². The molecule has 0 unspecified atom stereocenters. The maximum Gasteiger partial charge on any atom is 0.434 e. The first-order valence-electron chi connectivity index (χ1n) is 8.96. The zero-order valence-electron chi connectivity index (χ0n) is 16.1. The van der Waals surface area contributed by atoms with Gasteiger partial charge >= 0.3 is 18.3 Å². The molecule has 2 aliphatic rings. The summed E-state index contributed by atoms with van der Waals surface area (Å²) < 4.78 is 86.8. The normalized spacial score (nSPS) is 29.5. The van der Waals surface area contributed by atoms with Crippen LogP contribution >= 0.6 is 0 Å². The Labute approximate surface area is 155 Å². The van der Waals surface area contributed by atoms with Crippen molar-refractivity contribution in [1.29, 1.82) is 0 Å². The first kappa shape index (κ1) is 22.5. The summed E-state index contributed by atoms with van der Waals surface area (Å²) in [6, 6.07) is 0. The molecule has 27 heavy (non-hydrogen) atoms. The van der Waals surface area contributed by atoms with Crippen LogP contribution in [0.2, 0.25) is 18.1 Å². The largest absolute Gasteiger partial charge is 0.442 e. The Kier molecular flexibility index (Phi) is 5.54. The SMILES string of the molecule is CC(C)(C)[Si](C)(C)O[C@]12CCC[C@H]1C[C@@H]2C(=O)OC(C(F)(F)F)C(F)(F)F. The summed E-state index contributed by atoms with van der Waals surface area (Å²) >= 11 is 0. The van der Waals surface area contributed by atoms with Crippen LogP contribution in [0.5, 0.6) is 0 Å². The fourth-order valence-electron chi connectivity index (χ4n) is 3.82. The molecule has 2 fully saturated rings. The quantitative estimate of drug-likeness (QED) is 0.337. The molecule has 0 heterocycles. The lowest BCUT2D eigenvalue weighted by Crippen LogP contribution is -2.64. The maximum atomic E-state index is 12.7. The highest BCUT2D eigenvalue weighted by Gasteiger charge is 2.66. The molecule has 2 aliphatic carbocycles. The van der Waals surface area contributed by atoms with E-state index >= 15 is 0 Å². The van der Waals surface area contributed by atoms with Gasteiger partial charge in [-0.1, -0.05) is 27.2 Å². The number of esters is 1. The van der Waals surface area contributed by atoms with E-state index in [9.17, 15) is 31.1 Å². The third-order valence-electron chi connectivity index (χ3n) is 6.29. The molecular weight excluding hydrogens is 394 g/mol. The molecule has 0 saturated heterocycles. The van der Waals surface area contributed by atoms with Crippen LogP contribution in [-0.4, -0.2) is 38.3 Å². The summed E-state index contributed by atoms with van der Waals surface area (Å²) in [6.07, 6.45) is -13.4. The molecule has 3 atom stereocenters. The number of carbonyl (C=O) groups is 1. The first-order valence-corrected chi connectivity index (χ1v) is 11.9. The first-order chi connectivity index (χ1) is 11.9. The summed E-state index contributed by atoms with van der Waals surface area (Å²) in [6.45, 7) is 9.84. The van der Waals surface area contributed by atoms with Crippen molar-refractivity contribution in [3.63, 3.8) is 0 Å². The lowest BCUT2D eigenvalue weighted by atomic mass is 9.62. The highest BCUT2D eigenvalue weighted by molar-refractivity contribution is 6.74. The molecule has 0 aromatic heterocycles. The lowest BCUT2D eigenvalue weighted by molar-refractivity contribution is -0.317. The average molecular weight is 420 g/mol. The zero-order chi connectivity index (χ0) is 21.1. The number of ether oxygens (including phenoxy) is 1. The van der Waals surface area contributed by atoms with E-state index in [1.54, 1.807) is 0 Å². The van der Waals surface area contributed by atoms with Crippen LogP contribution in [0.3, 0.4) is 0 Å². The Balaban J connectivity index is 2.24. The molecule has 0 amide bonds. The van der Waals surface area contributed by atoms with Crippen molar-refractivity contribution in [2.45, 2.75) is 88.6 Å². The van der Waals surface area contributed by atoms with E-state index in [4.69, 9.17) is 4.43 Å². The van der Waals surface area contributed by atoms with Crippen LogP contribution in [0.25, 0.3) is 0 Å². The highest BCUT2D eigenvalue weighted by Crippen LogP contribution is 2.60. The minimum absolute atomic E-state index is 0.0283. The van der Waals surface area contributed by atoms with E-state index in [-0.39, 0.29) is 17.4 Å². The smallest absolute Gasteiger partial charge is 0.434 e. The summed E-state index contributed by atoms with van der Waals surface area (Å²) in [5.41, 5.74) is -0.998. The molecule has 0 aliphatic heterocycles. The summed E-state index contributed by atoms with van der Waals surface area (Å²) in [5, 5.41) is -0.209. The van der Waals surface area contributed by atoms with Crippen molar-refractivity contribution < 1.29 is 40.3 Å². The van der Waals surface area contributed by atoms with Crippen LogP contribution < -0.4 is 0 Å². The van der Waals surface area contributed by atoms with Gasteiger partial charge in [-0.05, 0) is 43.3 Å². The summed E-state index contributed by atoms with van der Waals surface area (Å²) in [4.78, 5) is 12.3. The number of rotatable bonds is 4. The average Bonchev–Trinajstić information content (AvgIpc) is 2.70. The second-order valence-corrected chi connectivity index (χ2v) is 13.8. The van der Waals surface area contributed by atoms with Crippen molar-refractivity contribution in [2.75, 3.05) is 0 Å². The molecule has 3 nitrogen and oxygen atoms in total. The standard InChI is InChI=1S/C17H26F6O3Si/c1-14(2,3)27(4,5)26-15-8-6-7-10(15)9-11(15)12(24)25-13(16(18,19)20)17(21,22)23/h10-11,13H,6-9H2,1-5H3/t10-,11+,15+/m0/s1. The molecule has 10 heteroatoms. The second-order valence-electron chi connectivity index (χ2n) is 9.09. The number of carbonyl (C=O) groups excluding carboxylic acids is 1. The molecular formula is C17H26F6O3Si. The van der Waals surface area contributed by atoms with Gasteiger partial charge in [-0.15, -0.1) is 0 Å². The van der Waals surface area contributed by atoms with Crippen molar-refractivity contribution in [3.05, 3.63) is 0 Å². The molecule has 2 rings (SSSR count). The van der Waals surface area contributed by atoms with Crippen LogP contribution in [0.1, 0.15) is 46.5 Å². The molecule has 2 saturated carbocycles. The van der Waals surface area contributed by atoms with Crippen molar-refractivity contribution in [1.82, 2.24) is 0 Å². The second kappa shape index (κ2) is 6.64. The van der Waals surface area contributed by atoms with Gasteiger partial charge in [0.1, 0.15) is 0 Å². The van der Waals surface area contributed by atoms with Gasteiger partial charge in [-0.2, -0.15) is 26.3 Å². The molecule has 0 N–H and O–H groups in total. The highest BCUT2D eigenvalue weighted by atomic mass is 28.4. The fourth-order valence-corrected chi connectivity index (χ4v) is 5.49. The number of fused-ring (bicyclic) bond motifs is 1. The molecule has 158 valence electrons. The van der Waals surface area contributed by atoms with Crippen molar-refractivity contribution in [3.8, 4) is 0 Å². The van der Waals surface area contributed by atoms with Gasteiger partial charge in [0.25, 0.3) is 6.10 Å². The van der Waals surface area contributed by atoms with Crippen molar-refractivity contribution >= 4 is 14.3 Å². The third kappa shape index (κ3) is 4.16.